The van der Waals surface area contributed by atoms with E-state index in [0.717, 1.165) is 21.2 Å². The first kappa shape index (κ1) is 34.4. The van der Waals surface area contributed by atoms with Crippen molar-refractivity contribution in [3.05, 3.63) is 84.1 Å². The van der Waals surface area contributed by atoms with Crippen LogP contribution in [0, 0.1) is 11.3 Å². The molecule has 0 radical (unpaired) electrons. The molecule has 0 aliphatic heterocycles. The number of para-hydroxylation sites is 1. The first-order chi connectivity index (χ1) is 21.8. The van der Waals surface area contributed by atoms with E-state index in [0.29, 0.717) is 35.7 Å². The van der Waals surface area contributed by atoms with Gasteiger partial charge in [0.1, 0.15) is 17.3 Å². The number of rotatable bonds is 12. The number of aromatic nitrogens is 2. The third kappa shape index (κ3) is 8.81. The molecule has 1 amide bonds. The number of hydrogen-bond acceptors (Lipinski definition) is 9. The fourth-order valence-electron chi connectivity index (χ4n) is 4.74. The van der Waals surface area contributed by atoms with Crippen molar-refractivity contribution in [1.82, 2.24) is 9.78 Å². The topological polar surface area (TPSA) is 153 Å². The van der Waals surface area contributed by atoms with E-state index in [1.165, 1.54) is 6.92 Å². The van der Waals surface area contributed by atoms with E-state index in [9.17, 15) is 18.5 Å². The van der Waals surface area contributed by atoms with Crippen LogP contribution in [0.3, 0.4) is 0 Å². The van der Waals surface area contributed by atoms with E-state index in [4.69, 9.17) is 9.65 Å². The third-order valence-electron chi connectivity index (χ3n) is 6.87. The lowest BCUT2D eigenvalue weighted by atomic mass is 9.90. The van der Waals surface area contributed by atoms with Crippen LogP contribution in [0.5, 0.6) is 0 Å². The fraction of sp³-hybridized carbons (Fsp3) is 0.303. The van der Waals surface area contributed by atoms with Crippen molar-refractivity contribution >= 4 is 50.7 Å². The Morgan fingerprint density at radius 2 is 1.78 bits per heavy atom. The van der Waals surface area contributed by atoms with Crippen LogP contribution in [0.2, 0.25) is 0 Å². The molecule has 240 valence electrons. The van der Waals surface area contributed by atoms with E-state index in [2.05, 4.69) is 21.6 Å². The molecule has 2 N–H and O–H groups in total. The normalized spacial score (nSPS) is 11.8. The van der Waals surface area contributed by atoms with E-state index in [1.807, 2.05) is 87.2 Å². The zero-order valence-corrected chi connectivity index (χ0v) is 28.1. The van der Waals surface area contributed by atoms with Crippen LogP contribution in [-0.2, 0) is 20.3 Å². The standard InChI is InChI=1S/C33H37N7O4S2/c1-6-39(19-12-20-46(42,43)44)24-17-18-27(28(21-24)35-23(2)41)36-37-32-26(22-34)31(33(3,4)5)38-40(32)29-15-10-11-16-30(29)45-25-13-8-7-9-14-25/h7-11,13-18,21H,6,12,19-20H2,1-5H3,(H,35,41)(H,42,43,44)/b37-36+. The maximum Gasteiger partial charge on any atom is 0.264 e. The van der Waals surface area contributed by atoms with Crippen LogP contribution < -0.4 is 10.2 Å². The molecule has 0 aliphatic rings. The summed E-state index contributed by atoms with van der Waals surface area (Å²) in [7, 11) is -4.07. The molecule has 0 bridgehead atoms. The first-order valence-corrected chi connectivity index (χ1v) is 17.1. The van der Waals surface area contributed by atoms with Gasteiger partial charge in [-0.2, -0.15) is 18.8 Å². The van der Waals surface area contributed by atoms with Crippen LogP contribution in [0.15, 0.2) is 92.8 Å². The summed E-state index contributed by atoms with van der Waals surface area (Å²) in [5, 5.41) is 27.1. The van der Waals surface area contributed by atoms with E-state index in [-0.39, 0.29) is 23.9 Å². The number of amides is 1. The maximum absolute atomic E-state index is 12.2. The van der Waals surface area contributed by atoms with Gasteiger partial charge in [-0.3, -0.25) is 9.35 Å². The molecule has 1 heterocycles. The van der Waals surface area contributed by atoms with Gasteiger partial charge in [0.05, 0.1) is 22.8 Å². The number of hydrogen-bond donors (Lipinski definition) is 2. The summed E-state index contributed by atoms with van der Waals surface area (Å²) >= 11 is 1.57. The van der Waals surface area contributed by atoms with Crippen molar-refractivity contribution in [1.29, 1.82) is 5.26 Å². The highest BCUT2D eigenvalue weighted by Gasteiger charge is 2.28. The number of carbonyl (C=O) groups is 1. The Morgan fingerprint density at radius 1 is 1.09 bits per heavy atom. The van der Waals surface area contributed by atoms with Gasteiger partial charge in [0.15, 0.2) is 5.82 Å². The Kier molecular flexibility index (Phi) is 11.0. The SMILES string of the molecule is CCN(CCCS(=O)(=O)O)c1ccc(/N=N/c2c(C#N)c(C(C)(C)C)nn2-c2ccccc2Sc2ccccc2)c(NC(C)=O)c1. The molecule has 0 saturated carbocycles. The predicted molar refractivity (Wildman–Crippen MR) is 181 cm³/mol. The molecule has 11 nitrogen and oxygen atoms in total. The number of benzene rings is 3. The van der Waals surface area contributed by atoms with Crippen molar-refractivity contribution in [2.75, 3.05) is 29.1 Å². The summed E-state index contributed by atoms with van der Waals surface area (Å²) in [6.45, 7) is 10.2. The minimum atomic E-state index is -4.07. The van der Waals surface area contributed by atoms with Crippen molar-refractivity contribution in [3.8, 4) is 11.8 Å². The molecule has 0 saturated heterocycles. The van der Waals surface area contributed by atoms with Gasteiger partial charge in [-0.1, -0.05) is 62.9 Å². The highest BCUT2D eigenvalue weighted by molar-refractivity contribution is 7.99. The molecule has 0 atom stereocenters. The molecule has 0 spiro atoms. The first-order valence-electron chi connectivity index (χ1n) is 14.7. The van der Waals surface area contributed by atoms with Crippen LogP contribution in [0.4, 0.5) is 22.9 Å². The molecule has 0 unspecified atom stereocenters. The zero-order chi connectivity index (χ0) is 33.5. The second-order valence-corrected chi connectivity index (χ2v) is 14.2. The highest BCUT2D eigenvalue weighted by Crippen LogP contribution is 2.39. The predicted octanol–water partition coefficient (Wildman–Crippen LogP) is 7.67. The van der Waals surface area contributed by atoms with Gasteiger partial charge in [-0.05, 0) is 55.8 Å². The van der Waals surface area contributed by atoms with E-state index in [1.54, 1.807) is 34.6 Å². The molecule has 46 heavy (non-hydrogen) atoms. The Bertz CT molecular complexity index is 1880. The Morgan fingerprint density at radius 3 is 2.41 bits per heavy atom. The number of carbonyl (C=O) groups excluding carboxylic acids is 1. The Hall–Kier alpha value is -4.51. The molecule has 0 fully saturated rings. The molecular formula is C33H37N7O4S2. The zero-order valence-electron chi connectivity index (χ0n) is 26.4. The van der Waals surface area contributed by atoms with E-state index < -0.39 is 15.5 Å². The molecule has 4 aromatic rings. The number of nitrogens with zero attached hydrogens (tertiary/aromatic N) is 6. The van der Waals surface area contributed by atoms with Gasteiger partial charge in [0, 0.05) is 40.9 Å². The second kappa shape index (κ2) is 14.7. The monoisotopic (exact) mass is 659 g/mol. The maximum atomic E-state index is 12.2. The van der Waals surface area contributed by atoms with Gasteiger partial charge in [-0.15, -0.1) is 10.2 Å². The Labute approximate surface area is 274 Å². The number of nitrogens with one attached hydrogen (secondary N) is 1. The van der Waals surface area contributed by atoms with Crippen molar-refractivity contribution in [2.24, 2.45) is 10.2 Å². The summed E-state index contributed by atoms with van der Waals surface area (Å²) in [5.41, 5.74) is 2.61. The quantitative estimate of drug-likeness (QED) is 0.116. The molecule has 0 aliphatic carbocycles. The fourth-order valence-corrected chi connectivity index (χ4v) is 6.18. The van der Waals surface area contributed by atoms with Crippen molar-refractivity contribution < 1.29 is 17.8 Å². The van der Waals surface area contributed by atoms with Gasteiger partial charge in [0.25, 0.3) is 10.1 Å². The summed E-state index contributed by atoms with van der Waals surface area (Å²) in [6, 6.07) is 25.2. The largest absolute Gasteiger partial charge is 0.372 e. The summed E-state index contributed by atoms with van der Waals surface area (Å²) in [5.74, 6) is -0.410. The average molecular weight is 660 g/mol. The van der Waals surface area contributed by atoms with Gasteiger partial charge in [0.2, 0.25) is 5.91 Å². The summed E-state index contributed by atoms with van der Waals surface area (Å²) in [4.78, 5) is 16.0. The van der Waals surface area contributed by atoms with Crippen molar-refractivity contribution in [2.45, 2.75) is 56.2 Å². The number of nitriles is 1. The number of anilines is 2. The van der Waals surface area contributed by atoms with Crippen LogP contribution >= 0.6 is 11.8 Å². The smallest absolute Gasteiger partial charge is 0.264 e. The summed E-state index contributed by atoms with van der Waals surface area (Å²) < 4.78 is 33.2. The molecule has 1 aromatic heterocycles. The molecular weight excluding hydrogens is 623 g/mol. The van der Waals surface area contributed by atoms with Crippen molar-refractivity contribution in [3.63, 3.8) is 0 Å². The average Bonchev–Trinajstić information content (AvgIpc) is 3.38. The lowest BCUT2D eigenvalue weighted by Crippen LogP contribution is -2.25. The summed E-state index contributed by atoms with van der Waals surface area (Å²) in [6.07, 6.45) is 0.227. The van der Waals surface area contributed by atoms with Gasteiger partial charge < -0.3 is 10.2 Å². The number of azo groups is 1. The van der Waals surface area contributed by atoms with Crippen LogP contribution in [-0.4, -0.2) is 47.5 Å². The van der Waals surface area contributed by atoms with E-state index >= 15 is 0 Å². The van der Waals surface area contributed by atoms with Gasteiger partial charge >= 0.3 is 0 Å². The Balaban J connectivity index is 1.80. The molecule has 13 heteroatoms. The lowest BCUT2D eigenvalue weighted by molar-refractivity contribution is -0.114. The van der Waals surface area contributed by atoms with Crippen LogP contribution in [0.25, 0.3) is 5.69 Å². The second-order valence-electron chi connectivity index (χ2n) is 11.5. The van der Waals surface area contributed by atoms with Gasteiger partial charge in [-0.25, -0.2) is 4.68 Å². The van der Waals surface area contributed by atoms with Crippen LogP contribution in [0.1, 0.15) is 52.3 Å². The highest BCUT2D eigenvalue weighted by atomic mass is 32.2. The molecule has 3 aromatic carbocycles. The lowest BCUT2D eigenvalue weighted by Gasteiger charge is -2.24. The minimum absolute atomic E-state index is 0.227. The molecule has 4 rings (SSSR count). The third-order valence-corrected chi connectivity index (χ3v) is 8.75. The minimum Gasteiger partial charge on any atom is -0.372 e.